The Morgan fingerprint density at radius 1 is 1.18 bits per heavy atom. The van der Waals surface area contributed by atoms with Gasteiger partial charge >= 0.3 is 0 Å². The number of ether oxygens (including phenoxy) is 1. The Hall–Kier alpha value is -2.42. The average molecular weight is 417 g/mol. The van der Waals surface area contributed by atoms with E-state index in [2.05, 4.69) is 4.72 Å². The molecule has 28 heavy (non-hydrogen) atoms. The molecule has 2 aromatic carbocycles. The van der Waals surface area contributed by atoms with E-state index in [1.807, 2.05) is 29.6 Å². The molecule has 8 heteroatoms. The van der Waals surface area contributed by atoms with Crippen molar-refractivity contribution in [3.8, 4) is 5.75 Å². The van der Waals surface area contributed by atoms with Crippen LogP contribution in [-0.4, -0.2) is 38.9 Å². The number of rotatable bonds is 6. The molecule has 1 fully saturated rings. The maximum Gasteiger partial charge on any atom is 0.241 e. The van der Waals surface area contributed by atoms with Crippen LogP contribution in [0.1, 0.15) is 11.3 Å². The van der Waals surface area contributed by atoms with E-state index in [0.717, 1.165) is 15.6 Å². The number of carbonyl (C=O) groups is 1. The fourth-order valence-corrected chi connectivity index (χ4v) is 5.33. The number of carbonyl (C=O) groups excluding carboxylic acids is 1. The van der Waals surface area contributed by atoms with Crippen molar-refractivity contribution in [2.24, 2.45) is 0 Å². The van der Waals surface area contributed by atoms with Crippen LogP contribution in [0.5, 0.6) is 5.75 Å². The third-order valence-electron chi connectivity index (χ3n) is 4.85. The molecule has 0 radical (unpaired) electrons. The predicted octanol–water partition coefficient (Wildman–Crippen LogP) is 2.99. The summed E-state index contributed by atoms with van der Waals surface area (Å²) in [5.41, 5.74) is 0. The van der Waals surface area contributed by atoms with Gasteiger partial charge in [-0.05, 0) is 52.9 Å². The third kappa shape index (κ3) is 3.76. The molecule has 0 spiro atoms. The first-order valence-electron chi connectivity index (χ1n) is 8.87. The Morgan fingerprint density at radius 2 is 2.00 bits per heavy atom. The zero-order valence-electron chi connectivity index (χ0n) is 15.3. The van der Waals surface area contributed by atoms with E-state index in [0.29, 0.717) is 25.3 Å². The third-order valence-corrected chi connectivity index (χ3v) is 7.18. The number of nitrogens with one attached hydrogen (secondary N) is 1. The molecule has 4 rings (SSSR count). The minimum atomic E-state index is -3.81. The first kappa shape index (κ1) is 18.9. The molecule has 1 aliphatic rings. The van der Waals surface area contributed by atoms with Crippen molar-refractivity contribution >= 4 is 38.0 Å². The number of hydrogen-bond donors (Lipinski definition) is 1. The first-order chi connectivity index (χ1) is 13.5. The van der Waals surface area contributed by atoms with Gasteiger partial charge < -0.3 is 9.64 Å². The monoisotopic (exact) mass is 416 g/mol. The van der Waals surface area contributed by atoms with Crippen LogP contribution in [-0.2, 0) is 21.4 Å². The summed E-state index contributed by atoms with van der Waals surface area (Å²) in [6, 6.07) is 13.6. The number of fused-ring (bicyclic) bond motifs is 1. The topological polar surface area (TPSA) is 75.7 Å². The highest BCUT2D eigenvalue weighted by molar-refractivity contribution is 7.89. The molecule has 6 nitrogen and oxygen atoms in total. The van der Waals surface area contributed by atoms with E-state index < -0.39 is 16.1 Å². The lowest BCUT2D eigenvalue weighted by molar-refractivity contribution is -0.129. The molecule has 1 amide bonds. The molecule has 0 bridgehead atoms. The van der Waals surface area contributed by atoms with E-state index in [1.165, 1.54) is 0 Å². The summed E-state index contributed by atoms with van der Waals surface area (Å²) < 4.78 is 33.5. The van der Waals surface area contributed by atoms with Gasteiger partial charge in [-0.15, -0.1) is 11.3 Å². The largest absolute Gasteiger partial charge is 0.497 e. The summed E-state index contributed by atoms with van der Waals surface area (Å²) in [5.74, 6) is 0.477. The van der Waals surface area contributed by atoms with Crippen LogP contribution in [0.25, 0.3) is 10.8 Å². The highest BCUT2D eigenvalue weighted by Gasteiger charge is 2.35. The first-order valence-corrected chi connectivity index (χ1v) is 11.2. The van der Waals surface area contributed by atoms with E-state index in [4.69, 9.17) is 4.74 Å². The van der Waals surface area contributed by atoms with E-state index in [9.17, 15) is 13.2 Å². The zero-order valence-corrected chi connectivity index (χ0v) is 16.9. The number of amides is 1. The van der Waals surface area contributed by atoms with Crippen LogP contribution in [0, 0.1) is 0 Å². The zero-order chi connectivity index (χ0) is 19.7. The van der Waals surface area contributed by atoms with Crippen molar-refractivity contribution in [3.05, 3.63) is 58.8 Å². The second-order valence-electron chi connectivity index (χ2n) is 6.68. The molecule has 1 atom stereocenters. The van der Waals surface area contributed by atoms with Crippen molar-refractivity contribution in [2.45, 2.75) is 23.9 Å². The summed E-state index contributed by atoms with van der Waals surface area (Å²) in [6.45, 7) is 1.06. The van der Waals surface area contributed by atoms with Gasteiger partial charge in [0.25, 0.3) is 0 Å². The normalized spacial score (nSPS) is 17.4. The van der Waals surface area contributed by atoms with Crippen LogP contribution in [0.15, 0.2) is 58.8 Å². The number of hydrogen-bond acceptors (Lipinski definition) is 5. The van der Waals surface area contributed by atoms with Gasteiger partial charge in [-0.3, -0.25) is 4.79 Å². The van der Waals surface area contributed by atoms with Crippen LogP contribution < -0.4 is 9.46 Å². The van der Waals surface area contributed by atoms with E-state index >= 15 is 0 Å². The molecule has 0 saturated carbocycles. The van der Waals surface area contributed by atoms with Crippen LogP contribution in [0.2, 0.25) is 0 Å². The van der Waals surface area contributed by atoms with Crippen molar-refractivity contribution < 1.29 is 17.9 Å². The molecule has 0 unspecified atom stereocenters. The van der Waals surface area contributed by atoms with Crippen molar-refractivity contribution in [2.75, 3.05) is 13.7 Å². The number of nitrogens with zero attached hydrogens (tertiary/aromatic N) is 1. The summed E-state index contributed by atoms with van der Waals surface area (Å²) >= 11 is 1.58. The maximum atomic E-state index is 12.8. The Kier molecular flexibility index (Phi) is 5.09. The number of sulfonamides is 1. The Morgan fingerprint density at radius 3 is 2.75 bits per heavy atom. The van der Waals surface area contributed by atoms with Gasteiger partial charge in [-0.25, -0.2) is 8.42 Å². The molecule has 1 N–H and O–H groups in total. The Labute approximate surface area is 167 Å². The van der Waals surface area contributed by atoms with Gasteiger partial charge in [-0.2, -0.15) is 4.72 Å². The van der Waals surface area contributed by atoms with Gasteiger partial charge in [0, 0.05) is 11.4 Å². The van der Waals surface area contributed by atoms with Gasteiger partial charge in [0.05, 0.1) is 18.6 Å². The van der Waals surface area contributed by atoms with Crippen molar-refractivity contribution in [3.63, 3.8) is 0 Å². The lowest BCUT2D eigenvalue weighted by Gasteiger charge is -2.16. The standard InChI is InChI=1S/C20H20N2O4S2/c1-26-16-6-4-14-5-7-18(12-15(14)11-16)28(24,25)21-19-8-9-22(20(19)23)13-17-3-2-10-27-17/h2-7,10-12,19,21H,8-9,13H2,1H3/t19-/m0/s1. The fourth-order valence-electron chi connectivity index (χ4n) is 3.35. The molecule has 1 aliphatic heterocycles. The highest BCUT2D eigenvalue weighted by atomic mass is 32.2. The average Bonchev–Trinajstić information content (AvgIpc) is 3.32. The summed E-state index contributed by atoms with van der Waals surface area (Å²) in [7, 11) is -2.24. The molecule has 1 aromatic heterocycles. The highest BCUT2D eigenvalue weighted by Crippen LogP contribution is 2.25. The fraction of sp³-hybridized carbons (Fsp3) is 0.250. The number of thiophene rings is 1. The van der Waals surface area contributed by atoms with Gasteiger partial charge in [0.1, 0.15) is 11.8 Å². The summed E-state index contributed by atoms with van der Waals surface area (Å²) in [4.78, 5) is 15.5. The Balaban J connectivity index is 1.52. The minimum Gasteiger partial charge on any atom is -0.497 e. The number of benzene rings is 2. The number of methoxy groups -OCH3 is 1. The Bertz CT molecular complexity index is 1110. The SMILES string of the molecule is COc1ccc2ccc(S(=O)(=O)N[C@H]3CCN(Cc4cccs4)C3=O)cc2c1. The molecular weight excluding hydrogens is 396 g/mol. The van der Waals surface area contributed by atoms with Crippen LogP contribution in [0.3, 0.4) is 0 Å². The summed E-state index contributed by atoms with van der Waals surface area (Å²) in [5, 5.41) is 3.64. The smallest absolute Gasteiger partial charge is 0.241 e. The second kappa shape index (κ2) is 7.54. The van der Waals surface area contributed by atoms with Gasteiger partial charge in [0.15, 0.2) is 0 Å². The van der Waals surface area contributed by atoms with E-state index in [-0.39, 0.29) is 10.8 Å². The lowest BCUT2D eigenvalue weighted by Crippen LogP contribution is -2.41. The maximum absolute atomic E-state index is 12.8. The molecule has 3 aromatic rings. The number of likely N-dealkylation sites (tertiary alicyclic amines) is 1. The van der Waals surface area contributed by atoms with Crippen molar-refractivity contribution in [1.29, 1.82) is 0 Å². The minimum absolute atomic E-state index is 0.137. The van der Waals surface area contributed by atoms with E-state index in [1.54, 1.807) is 47.6 Å². The molecule has 0 aliphatic carbocycles. The van der Waals surface area contributed by atoms with Gasteiger partial charge in [-0.1, -0.05) is 18.2 Å². The molecule has 146 valence electrons. The molecular formula is C20H20N2O4S2. The quantitative estimate of drug-likeness (QED) is 0.670. The second-order valence-corrected chi connectivity index (χ2v) is 9.42. The van der Waals surface area contributed by atoms with Crippen LogP contribution >= 0.6 is 11.3 Å². The van der Waals surface area contributed by atoms with Gasteiger partial charge in [0.2, 0.25) is 15.9 Å². The predicted molar refractivity (Wildman–Crippen MR) is 109 cm³/mol. The van der Waals surface area contributed by atoms with Crippen molar-refractivity contribution in [1.82, 2.24) is 9.62 Å². The summed E-state index contributed by atoms with van der Waals surface area (Å²) in [6.07, 6.45) is 0.463. The lowest BCUT2D eigenvalue weighted by atomic mass is 10.1. The van der Waals surface area contributed by atoms with Crippen LogP contribution in [0.4, 0.5) is 0 Å². The molecule has 2 heterocycles. The molecule has 1 saturated heterocycles.